The van der Waals surface area contributed by atoms with Crippen LogP contribution in [0, 0.1) is 6.92 Å². The second-order valence-corrected chi connectivity index (χ2v) is 5.21. The first-order valence-electron chi connectivity index (χ1n) is 4.94. The van der Waals surface area contributed by atoms with Crippen molar-refractivity contribution in [3.63, 3.8) is 0 Å². The highest BCUT2D eigenvalue weighted by Crippen LogP contribution is 2.29. The predicted molar refractivity (Wildman–Crippen MR) is 68.6 cm³/mol. The van der Waals surface area contributed by atoms with Crippen LogP contribution in [0.3, 0.4) is 0 Å². The molecule has 1 aromatic carbocycles. The molecule has 0 aliphatic carbocycles. The second kappa shape index (κ2) is 4.60. The molecule has 1 unspecified atom stereocenters. The number of aromatic nitrogens is 1. The summed E-state index contributed by atoms with van der Waals surface area (Å²) in [6, 6.07) is 6.05. The Kier molecular flexibility index (Phi) is 3.36. The van der Waals surface area contributed by atoms with Gasteiger partial charge in [-0.15, -0.1) is 11.6 Å². The number of aryl methyl sites for hydroxylation is 1. The van der Waals surface area contributed by atoms with Gasteiger partial charge < -0.3 is 4.42 Å². The van der Waals surface area contributed by atoms with Crippen molar-refractivity contribution in [2.45, 2.75) is 19.2 Å². The summed E-state index contributed by atoms with van der Waals surface area (Å²) in [7, 11) is 0. The summed E-state index contributed by atoms with van der Waals surface area (Å²) in [5.41, 5.74) is 2.18. The maximum Gasteiger partial charge on any atom is 0.212 e. The fourth-order valence-corrected chi connectivity index (χ4v) is 1.92. The molecule has 0 radical (unpaired) electrons. The minimum Gasteiger partial charge on any atom is -0.439 e. The summed E-state index contributed by atoms with van der Waals surface area (Å²) in [4.78, 5) is 4.15. The first kappa shape index (κ1) is 11.7. The Morgan fingerprint density at radius 2 is 2.19 bits per heavy atom. The molecule has 0 spiro atoms. The SMILES string of the molecule is Cc1ccc(Br)cc1-c1cnc(C(C)Cl)o1. The molecule has 4 heteroatoms. The van der Waals surface area contributed by atoms with Crippen LogP contribution in [0.15, 0.2) is 33.3 Å². The number of alkyl halides is 1. The molecule has 0 saturated heterocycles. The van der Waals surface area contributed by atoms with Crippen molar-refractivity contribution < 1.29 is 4.42 Å². The Morgan fingerprint density at radius 3 is 2.81 bits per heavy atom. The third kappa shape index (κ3) is 2.30. The van der Waals surface area contributed by atoms with E-state index in [0.29, 0.717) is 5.89 Å². The molecule has 0 aliphatic heterocycles. The Balaban J connectivity index is 2.46. The molecule has 2 rings (SSSR count). The van der Waals surface area contributed by atoms with Crippen molar-refractivity contribution in [2.75, 3.05) is 0 Å². The topological polar surface area (TPSA) is 26.0 Å². The van der Waals surface area contributed by atoms with Gasteiger partial charge in [0, 0.05) is 10.0 Å². The van der Waals surface area contributed by atoms with Crippen LogP contribution in [-0.4, -0.2) is 4.98 Å². The van der Waals surface area contributed by atoms with Gasteiger partial charge in [0.15, 0.2) is 5.76 Å². The standard InChI is InChI=1S/C12H11BrClNO/c1-7-3-4-9(13)5-10(7)11-6-15-12(16-11)8(2)14/h3-6,8H,1-2H3. The van der Waals surface area contributed by atoms with Crippen molar-refractivity contribution in [3.8, 4) is 11.3 Å². The number of hydrogen-bond acceptors (Lipinski definition) is 2. The molecule has 1 heterocycles. The second-order valence-electron chi connectivity index (χ2n) is 3.64. The van der Waals surface area contributed by atoms with E-state index in [0.717, 1.165) is 21.4 Å². The number of hydrogen-bond donors (Lipinski definition) is 0. The van der Waals surface area contributed by atoms with Gasteiger partial charge in [0.2, 0.25) is 5.89 Å². The van der Waals surface area contributed by atoms with Gasteiger partial charge in [0.1, 0.15) is 5.38 Å². The quantitative estimate of drug-likeness (QED) is 0.751. The summed E-state index contributed by atoms with van der Waals surface area (Å²) in [6.45, 7) is 3.87. The van der Waals surface area contributed by atoms with E-state index >= 15 is 0 Å². The molecule has 0 aliphatic rings. The van der Waals surface area contributed by atoms with E-state index in [4.69, 9.17) is 16.0 Å². The van der Waals surface area contributed by atoms with Gasteiger partial charge >= 0.3 is 0 Å². The Labute approximate surface area is 108 Å². The normalized spacial score (nSPS) is 12.8. The molecule has 84 valence electrons. The number of rotatable bonds is 2. The zero-order valence-electron chi connectivity index (χ0n) is 9.00. The van der Waals surface area contributed by atoms with Crippen molar-refractivity contribution >= 4 is 27.5 Å². The van der Waals surface area contributed by atoms with Crippen molar-refractivity contribution in [2.24, 2.45) is 0 Å². The van der Waals surface area contributed by atoms with Gasteiger partial charge in [0.25, 0.3) is 0 Å². The van der Waals surface area contributed by atoms with Crippen LogP contribution in [0.5, 0.6) is 0 Å². The first-order valence-corrected chi connectivity index (χ1v) is 6.17. The highest BCUT2D eigenvalue weighted by Gasteiger charge is 2.12. The van der Waals surface area contributed by atoms with Crippen LogP contribution >= 0.6 is 27.5 Å². The number of oxazole rings is 1. The van der Waals surface area contributed by atoms with Gasteiger partial charge in [-0.1, -0.05) is 22.0 Å². The van der Waals surface area contributed by atoms with Crippen molar-refractivity contribution in [1.29, 1.82) is 0 Å². The zero-order valence-corrected chi connectivity index (χ0v) is 11.3. The summed E-state index contributed by atoms with van der Waals surface area (Å²) < 4.78 is 6.62. The van der Waals surface area contributed by atoms with Crippen LogP contribution in [0.4, 0.5) is 0 Å². The lowest BCUT2D eigenvalue weighted by molar-refractivity contribution is 0.508. The Hall–Kier alpha value is -0.800. The van der Waals surface area contributed by atoms with Crippen molar-refractivity contribution in [3.05, 3.63) is 40.3 Å². The minimum atomic E-state index is -0.207. The van der Waals surface area contributed by atoms with Gasteiger partial charge in [-0.05, 0) is 31.5 Å². The average molecular weight is 301 g/mol. The summed E-state index contributed by atoms with van der Waals surface area (Å²) in [5.74, 6) is 1.30. The molecule has 16 heavy (non-hydrogen) atoms. The van der Waals surface area contributed by atoms with Crippen LogP contribution < -0.4 is 0 Å². The van der Waals surface area contributed by atoms with Crippen molar-refractivity contribution in [1.82, 2.24) is 4.98 Å². The molecule has 2 aromatic rings. The molecule has 1 aromatic heterocycles. The summed E-state index contributed by atoms with van der Waals surface area (Å²) in [6.07, 6.45) is 1.71. The van der Waals surface area contributed by atoms with E-state index in [1.165, 1.54) is 0 Å². The van der Waals surface area contributed by atoms with Gasteiger partial charge in [-0.3, -0.25) is 0 Å². The molecule has 0 bridgehead atoms. The van der Waals surface area contributed by atoms with E-state index in [2.05, 4.69) is 20.9 Å². The van der Waals surface area contributed by atoms with E-state index in [1.807, 2.05) is 32.0 Å². The third-order valence-corrected chi connectivity index (χ3v) is 3.01. The molecular weight excluding hydrogens is 289 g/mol. The lowest BCUT2D eigenvalue weighted by Gasteiger charge is -2.02. The lowest BCUT2D eigenvalue weighted by atomic mass is 10.1. The lowest BCUT2D eigenvalue weighted by Crippen LogP contribution is -1.82. The Bertz CT molecular complexity index is 507. The van der Waals surface area contributed by atoms with Gasteiger partial charge in [-0.2, -0.15) is 0 Å². The molecule has 0 N–H and O–H groups in total. The van der Waals surface area contributed by atoms with E-state index in [1.54, 1.807) is 6.20 Å². The first-order chi connectivity index (χ1) is 7.58. The fraction of sp³-hybridized carbons (Fsp3) is 0.250. The highest BCUT2D eigenvalue weighted by molar-refractivity contribution is 9.10. The van der Waals surface area contributed by atoms with Crippen LogP contribution in [0.1, 0.15) is 23.8 Å². The maximum absolute atomic E-state index is 5.91. The van der Waals surface area contributed by atoms with E-state index < -0.39 is 0 Å². The maximum atomic E-state index is 5.91. The monoisotopic (exact) mass is 299 g/mol. The van der Waals surface area contributed by atoms with E-state index in [9.17, 15) is 0 Å². The summed E-state index contributed by atoms with van der Waals surface area (Å²) in [5, 5.41) is -0.207. The summed E-state index contributed by atoms with van der Waals surface area (Å²) >= 11 is 9.35. The van der Waals surface area contributed by atoms with Gasteiger partial charge in [0.05, 0.1) is 6.20 Å². The molecule has 0 fully saturated rings. The number of benzene rings is 1. The van der Waals surface area contributed by atoms with Crippen LogP contribution in [0.2, 0.25) is 0 Å². The van der Waals surface area contributed by atoms with Gasteiger partial charge in [-0.25, -0.2) is 4.98 Å². The molecule has 0 saturated carbocycles. The minimum absolute atomic E-state index is 0.207. The molecule has 1 atom stereocenters. The molecule has 0 amide bonds. The largest absolute Gasteiger partial charge is 0.439 e. The molecule has 2 nitrogen and oxygen atoms in total. The zero-order chi connectivity index (χ0) is 11.7. The number of nitrogens with zero attached hydrogens (tertiary/aromatic N) is 1. The fourth-order valence-electron chi connectivity index (χ4n) is 1.46. The van der Waals surface area contributed by atoms with Crippen LogP contribution in [-0.2, 0) is 0 Å². The molecular formula is C12H11BrClNO. The predicted octanol–water partition coefficient (Wildman–Crippen LogP) is 4.71. The smallest absolute Gasteiger partial charge is 0.212 e. The van der Waals surface area contributed by atoms with Crippen LogP contribution in [0.25, 0.3) is 11.3 Å². The average Bonchev–Trinajstić information content (AvgIpc) is 2.70. The third-order valence-electron chi connectivity index (χ3n) is 2.33. The highest BCUT2D eigenvalue weighted by atomic mass is 79.9. The Morgan fingerprint density at radius 1 is 1.44 bits per heavy atom. The number of halogens is 2. The van der Waals surface area contributed by atoms with E-state index in [-0.39, 0.29) is 5.38 Å².